The van der Waals surface area contributed by atoms with Crippen molar-refractivity contribution in [2.75, 3.05) is 0 Å². The molecule has 0 saturated carbocycles. The average Bonchev–Trinajstić information content (AvgIpc) is 2.18. The van der Waals surface area contributed by atoms with Crippen molar-refractivity contribution in [3.63, 3.8) is 0 Å². The number of aryl methyl sites for hydroxylation is 1. The molecule has 0 aromatic heterocycles. The number of carboxylic acid groups (broad SMARTS) is 1. The predicted octanol–water partition coefficient (Wildman–Crippen LogP) is 1.92. The lowest BCUT2D eigenvalue weighted by atomic mass is 10.1. The molecular formula is C9H7F3O5S. The van der Waals surface area contributed by atoms with Crippen molar-refractivity contribution < 1.29 is 35.7 Å². The second-order valence-corrected chi connectivity index (χ2v) is 4.83. The van der Waals surface area contributed by atoms with Crippen molar-refractivity contribution >= 4 is 16.1 Å². The van der Waals surface area contributed by atoms with Crippen LogP contribution in [0.4, 0.5) is 13.2 Å². The highest BCUT2D eigenvalue weighted by molar-refractivity contribution is 7.88. The van der Waals surface area contributed by atoms with Crippen LogP contribution in [-0.2, 0) is 10.1 Å². The third-order valence-electron chi connectivity index (χ3n) is 1.85. The van der Waals surface area contributed by atoms with E-state index in [1.807, 2.05) is 0 Å². The molecule has 5 nitrogen and oxygen atoms in total. The van der Waals surface area contributed by atoms with Gasteiger partial charge in [-0.25, -0.2) is 4.79 Å². The third-order valence-corrected chi connectivity index (χ3v) is 2.81. The Labute approximate surface area is 99.9 Å². The van der Waals surface area contributed by atoms with E-state index in [9.17, 15) is 26.4 Å². The van der Waals surface area contributed by atoms with Crippen LogP contribution in [0.2, 0.25) is 0 Å². The molecule has 0 amide bonds. The number of rotatable bonds is 3. The number of carbonyl (C=O) groups is 1. The molecule has 1 aromatic carbocycles. The minimum atomic E-state index is -5.88. The summed E-state index contributed by atoms with van der Waals surface area (Å²) in [4.78, 5) is 10.8. The van der Waals surface area contributed by atoms with Crippen LogP contribution >= 0.6 is 0 Å². The van der Waals surface area contributed by atoms with E-state index in [-0.39, 0.29) is 0 Å². The van der Waals surface area contributed by atoms with Crippen LogP contribution < -0.4 is 4.18 Å². The number of alkyl halides is 3. The molecule has 9 heteroatoms. The lowest BCUT2D eigenvalue weighted by molar-refractivity contribution is -0.0500. The smallest absolute Gasteiger partial charge is 0.478 e. The molecule has 100 valence electrons. The lowest BCUT2D eigenvalue weighted by Gasteiger charge is -2.11. The first-order valence-electron chi connectivity index (χ1n) is 4.39. The fourth-order valence-corrected chi connectivity index (χ4v) is 1.53. The molecular weight excluding hydrogens is 277 g/mol. The molecule has 0 fully saturated rings. The standard InChI is InChI=1S/C9H7F3O5S/c1-5-2-3-7(6(4-5)8(13)14)17-18(15,16)9(10,11)12/h2-4H,1H3,(H,13,14). The van der Waals surface area contributed by atoms with Crippen molar-refractivity contribution in [2.45, 2.75) is 12.4 Å². The van der Waals surface area contributed by atoms with E-state index in [0.29, 0.717) is 5.56 Å². The Morgan fingerprint density at radius 1 is 1.33 bits per heavy atom. The van der Waals surface area contributed by atoms with Crippen LogP contribution in [0.5, 0.6) is 5.75 Å². The zero-order valence-corrected chi connectivity index (χ0v) is 9.67. The van der Waals surface area contributed by atoms with Crippen molar-refractivity contribution in [3.05, 3.63) is 29.3 Å². The van der Waals surface area contributed by atoms with Crippen molar-refractivity contribution in [3.8, 4) is 5.75 Å². The predicted molar refractivity (Wildman–Crippen MR) is 53.7 cm³/mol. The fourth-order valence-electron chi connectivity index (χ4n) is 1.05. The number of hydrogen-bond donors (Lipinski definition) is 1. The van der Waals surface area contributed by atoms with Crippen LogP contribution in [0.3, 0.4) is 0 Å². The molecule has 1 rings (SSSR count). The Kier molecular flexibility index (Phi) is 3.56. The molecule has 0 aliphatic carbocycles. The Morgan fingerprint density at radius 3 is 2.33 bits per heavy atom. The summed E-state index contributed by atoms with van der Waals surface area (Å²) < 4.78 is 61.5. The van der Waals surface area contributed by atoms with Gasteiger partial charge in [0.2, 0.25) is 0 Å². The number of hydrogen-bond acceptors (Lipinski definition) is 4. The van der Waals surface area contributed by atoms with Crippen molar-refractivity contribution in [1.29, 1.82) is 0 Å². The lowest BCUT2D eigenvalue weighted by Crippen LogP contribution is -2.28. The Balaban J connectivity index is 3.25. The fraction of sp³-hybridized carbons (Fsp3) is 0.222. The van der Waals surface area contributed by atoms with Crippen LogP contribution in [-0.4, -0.2) is 25.0 Å². The maximum absolute atomic E-state index is 12.1. The highest BCUT2D eigenvalue weighted by Gasteiger charge is 2.48. The summed E-state index contributed by atoms with van der Waals surface area (Å²) in [5, 5.41) is 8.73. The molecule has 0 aliphatic rings. The van der Waals surface area contributed by atoms with E-state index in [0.717, 1.165) is 12.1 Å². The highest BCUT2D eigenvalue weighted by Crippen LogP contribution is 2.29. The van der Waals surface area contributed by atoms with Gasteiger partial charge in [0, 0.05) is 0 Å². The molecule has 0 radical (unpaired) electrons. The van der Waals surface area contributed by atoms with Gasteiger partial charge in [-0.3, -0.25) is 0 Å². The summed E-state index contributed by atoms with van der Waals surface area (Å²) in [7, 11) is -5.88. The second-order valence-electron chi connectivity index (χ2n) is 3.29. The number of carboxylic acids is 1. The third kappa shape index (κ3) is 2.92. The van der Waals surface area contributed by atoms with E-state index in [1.165, 1.54) is 13.0 Å². The first-order valence-corrected chi connectivity index (χ1v) is 5.80. The first kappa shape index (κ1) is 14.3. The second kappa shape index (κ2) is 4.48. The molecule has 0 heterocycles. The maximum Gasteiger partial charge on any atom is 0.534 e. The van der Waals surface area contributed by atoms with Gasteiger partial charge >= 0.3 is 21.6 Å². The highest BCUT2D eigenvalue weighted by atomic mass is 32.2. The Bertz CT molecular complexity index is 576. The Hall–Kier alpha value is -1.77. The molecule has 0 atom stereocenters. The average molecular weight is 284 g/mol. The summed E-state index contributed by atoms with van der Waals surface area (Å²) in [6, 6.07) is 3.08. The minimum absolute atomic E-state index is 0.434. The summed E-state index contributed by atoms with van der Waals surface area (Å²) >= 11 is 0. The molecule has 0 saturated heterocycles. The number of halogens is 3. The van der Waals surface area contributed by atoms with E-state index in [1.54, 1.807) is 0 Å². The zero-order valence-electron chi connectivity index (χ0n) is 8.85. The van der Waals surface area contributed by atoms with Gasteiger partial charge in [-0.15, -0.1) is 0 Å². The largest absolute Gasteiger partial charge is 0.534 e. The van der Waals surface area contributed by atoms with Crippen molar-refractivity contribution in [2.24, 2.45) is 0 Å². The molecule has 0 bridgehead atoms. The van der Waals surface area contributed by atoms with E-state index in [4.69, 9.17) is 5.11 Å². The van der Waals surface area contributed by atoms with Gasteiger partial charge in [0.15, 0.2) is 5.75 Å². The monoisotopic (exact) mass is 284 g/mol. The van der Waals surface area contributed by atoms with Gasteiger partial charge in [0.1, 0.15) is 5.56 Å². The number of benzene rings is 1. The molecule has 0 unspecified atom stereocenters. The van der Waals surface area contributed by atoms with Crippen molar-refractivity contribution in [1.82, 2.24) is 0 Å². The summed E-state index contributed by atoms with van der Waals surface area (Å²) in [6.07, 6.45) is 0. The normalized spacial score (nSPS) is 12.2. The quantitative estimate of drug-likeness (QED) is 0.677. The summed E-state index contributed by atoms with van der Waals surface area (Å²) in [5.41, 5.74) is -5.85. The van der Waals surface area contributed by atoms with Gasteiger partial charge in [-0.2, -0.15) is 21.6 Å². The molecule has 0 aliphatic heterocycles. The molecule has 0 spiro atoms. The van der Waals surface area contributed by atoms with Gasteiger partial charge < -0.3 is 9.29 Å². The van der Waals surface area contributed by atoms with Crippen LogP contribution in [0.1, 0.15) is 15.9 Å². The zero-order chi connectivity index (χ0) is 14.1. The van der Waals surface area contributed by atoms with Crippen LogP contribution in [0.15, 0.2) is 18.2 Å². The van der Waals surface area contributed by atoms with Gasteiger partial charge in [-0.05, 0) is 24.6 Å². The van der Waals surface area contributed by atoms with E-state index in [2.05, 4.69) is 4.18 Å². The van der Waals surface area contributed by atoms with Gasteiger partial charge in [0.25, 0.3) is 0 Å². The topological polar surface area (TPSA) is 80.7 Å². The van der Waals surface area contributed by atoms with Crippen LogP contribution in [0, 0.1) is 6.92 Å². The summed E-state index contributed by atoms with van der Waals surface area (Å²) in [5.74, 6) is -2.48. The summed E-state index contributed by atoms with van der Waals surface area (Å²) in [6.45, 7) is 1.49. The molecule has 18 heavy (non-hydrogen) atoms. The SMILES string of the molecule is Cc1ccc(OS(=O)(=O)C(F)(F)F)c(C(=O)O)c1. The first-order chi connectivity index (χ1) is 8.04. The van der Waals surface area contributed by atoms with Gasteiger partial charge in [0.05, 0.1) is 0 Å². The molecule has 1 N–H and O–H groups in total. The minimum Gasteiger partial charge on any atom is -0.478 e. The molecule has 1 aromatic rings. The van der Waals surface area contributed by atoms with Crippen LogP contribution in [0.25, 0.3) is 0 Å². The van der Waals surface area contributed by atoms with E-state index >= 15 is 0 Å². The van der Waals surface area contributed by atoms with Gasteiger partial charge in [-0.1, -0.05) is 6.07 Å². The number of aromatic carboxylic acids is 1. The maximum atomic E-state index is 12.1. The van der Waals surface area contributed by atoms with E-state index < -0.39 is 32.9 Å². The Morgan fingerprint density at radius 2 is 1.89 bits per heavy atom.